The van der Waals surface area contributed by atoms with Crippen LogP contribution in [0.5, 0.6) is 5.75 Å². The molecule has 0 aliphatic heterocycles. The number of aryl methyl sites for hydroxylation is 1. The van der Waals surface area contributed by atoms with Crippen LogP contribution in [0.4, 0.5) is 14.5 Å². The number of nitrogens with two attached hydrogens (primary N) is 1. The Kier molecular flexibility index (Phi) is 7.10. The van der Waals surface area contributed by atoms with Gasteiger partial charge in [-0.25, -0.2) is 4.79 Å². The number of benzene rings is 2. The Hall–Kier alpha value is -3.16. The van der Waals surface area contributed by atoms with Gasteiger partial charge in [-0.1, -0.05) is 24.3 Å². The van der Waals surface area contributed by atoms with E-state index >= 15 is 0 Å². The average molecular weight is 378 g/mol. The van der Waals surface area contributed by atoms with Gasteiger partial charge in [-0.15, -0.1) is 0 Å². The van der Waals surface area contributed by atoms with Crippen molar-refractivity contribution in [1.82, 2.24) is 5.32 Å². The van der Waals surface area contributed by atoms with Crippen molar-refractivity contribution in [3.63, 3.8) is 0 Å². The fraction of sp³-hybridized carbons (Fsp3) is 0.263. The standard InChI is InChI=1S/C19H20F2N2O4/c1-12-3-2-4-15(17(12)22)18(25)26-11-16(24)23-10-9-13-5-7-14(8-6-13)27-19(20)21/h2-8,19H,9-11,22H2,1H3,(H,23,24). The first kappa shape index (κ1) is 20.2. The van der Waals surface area contributed by atoms with Crippen molar-refractivity contribution >= 4 is 17.6 Å². The van der Waals surface area contributed by atoms with Gasteiger partial charge in [0.05, 0.1) is 5.56 Å². The molecule has 1 amide bonds. The van der Waals surface area contributed by atoms with E-state index in [4.69, 9.17) is 10.5 Å². The van der Waals surface area contributed by atoms with Crippen molar-refractivity contribution in [1.29, 1.82) is 0 Å². The van der Waals surface area contributed by atoms with Crippen LogP contribution >= 0.6 is 0 Å². The molecule has 0 bridgehead atoms. The summed E-state index contributed by atoms with van der Waals surface area (Å²) in [6, 6.07) is 11.1. The third kappa shape index (κ3) is 6.25. The second-order valence-corrected chi connectivity index (χ2v) is 5.73. The molecule has 3 N–H and O–H groups in total. The molecular weight excluding hydrogens is 358 g/mol. The average Bonchev–Trinajstić information content (AvgIpc) is 2.63. The van der Waals surface area contributed by atoms with Crippen LogP contribution in [0.1, 0.15) is 21.5 Å². The Balaban J connectivity index is 1.73. The lowest BCUT2D eigenvalue weighted by Crippen LogP contribution is -2.30. The van der Waals surface area contributed by atoms with Crippen molar-refractivity contribution in [3.8, 4) is 5.75 Å². The van der Waals surface area contributed by atoms with Gasteiger partial charge in [0.2, 0.25) is 0 Å². The lowest BCUT2D eigenvalue weighted by molar-refractivity contribution is -0.124. The van der Waals surface area contributed by atoms with Crippen molar-refractivity contribution in [2.75, 3.05) is 18.9 Å². The summed E-state index contributed by atoms with van der Waals surface area (Å²) in [6.07, 6.45) is 0.486. The number of para-hydroxylation sites is 1. The number of nitrogen functional groups attached to an aromatic ring is 1. The van der Waals surface area contributed by atoms with Crippen LogP contribution in [0.3, 0.4) is 0 Å². The lowest BCUT2D eigenvalue weighted by Gasteiger charge is -2.09. The number of anilines is 1. The van der Waals surface area contributed by atoms with Crippen LogP contribution in [-0.2, 0) is 16.0 Å². The quantitative estimate of drug-likeness (QED) is 0.544. The Morgan fingerprint density at radius 3 is 2.52 bits per heavy atom. The zero-order valence-electron chi connectivity index (χ0n) is 14.7. The third-order valence-corrected chi connectivity index (χ3v) is 3.76. The van der Waals surface area contributed by atoms with Crippen LogP contribution in [0.15, 0.2) is 42.5 Å². The van der Waals surface area contributed by atoms with Crippen LogP contribution < -0.4 is 15.8 Å². The lowest BCUT2D eigenvalue weighted by atomic mass is 10.1. The molecule has 144 valence electrons. The predicted molar refractivity (Wildman–Crippen MR) is 95.7 cm³/mol. The minimum atomic E-state index is -2.87. The smallest absolute Gasteiger partial charge is 0.387 e. The maximum Gasteiger partial charge on any atom is 0.387 e. The number of hydrogen-bond acceptors (Lipinski definition) is 5. The van der Waals surface area contributed by atoms with Gasteiger partial charge in [0.1, 0.15) is 5.75 Å². The van der Waals surface area contributed by atoms with E-state index in [9.17, 15) is 18.4 Å². The zero-order valence-corrected chi connectivity index (χ0v) is 14.7. The van der Waals surface area contributed by atoms with Gasteiger partial charge in [-0.3, -0.25) is 4.79 Å². The third-order valence-electron chi connectivity index (χ3n) is 3.76. The predicted octanol–water partition coefficient (Wildman–Crippen LogP) is 2.69. The van der Waals surface area contributed by atoms with Gasteiger partial charge < -0.3 is 20.5 Å². The Bertz CT molecular complexity index is 795. The fourth-order valence-corrected chi connectivity index (χ4v) is 2.30. The molecule has 0 aliphatic carbocycles. The first-order valence-corrected chi connectivity index (χ1v) is 8.19. The van der Waals surface area contributed by atoms with Crippen LogP contribution in [0.25, 0.3) is 0 Å². The van der Waals surface area contributed by atoms with E-state index in [-0.39, 0.29) is 11.3 Å². The minimum absolute atomic E-state index is 0.0696. The minimum Gasteiger partial charge on any atom is -0.452 e. The number of hydrogen-bond donors (Lipinski definition) is 2. The van der Waals surface area contributed by atoms with Crippen LogP contribution in [0.2, 0.25) is 0 Å². The molecule has 0 saturated carbocycles. The summed E-state index contributed by atoms with van der Waals surface area (Å²) in [5, 5.41) is 2.61. The maximum atomic E-state index is 12.1. The largest absolute Gasteiger partial charge is 0.452 e. The van der Waals surface area contributed by atoms with Gasteiger partial charge in [-0.2, -0.15) is 8.78 Å². The number of esters is 1. The zero-order chi connectivity index (χ0) is 19.8. The van der Waals surface area contributed by atoms with E-state index in [1.165, 1.54) is 18.2 Å². The Labute approximate surface area is 155 Å². The summed E-state index contributed by atoms with van der Waals surface area (Å²) in [5.74, 6) is -1.05. The molecule has 0 fully saturated rings. The SMILES string of the molecule is Cc1cccc(C(=O)OCC(=O)NCCc2ccc(OC(F)F)cc2)c1N. The molecule has 0 spiro atoms. The Morgan fingerprint density at radius 1 is 1.15 bits per heavy atom. The van der Waals surface area contributed by atoms with Gasteiger partial charge in [0, 0.05) is 12.2 Å². The van der Waals surface area contributed by atoms with E-state index in [1.54, 1.807) is 31.2 Å². The molecular formula is C19H20F2N2O4. The molecule has 0 radical (unpaired) electrons. The number of carbonyl (C=O) groups excluding carboxylic acids is 2. The normalized spacial score (nSPS) is 10.5. The van der Waals surface area contributed by atoms with E-state index in [2.05, 4.69) is 10.1 Å². The highest BCUT2D eigenvalue weighted by atomic mass is 19.3. The number of nitrogens with one attached hydrogen (secondary N) is 1. The summed E-state index contributed by atoms with van der Waals surface area (Å²) in [5.41, 5.74) is 7.94. The van der Waals surface area contributed by atoms with Crippen molar-refractivity contribution in [3.05, 3.63) is 59.2 Å². The summed E-state index contributed by atoms with van der Waals surface area (Å²) < 4.78 is 33.4. The molecule has 0 atom stereocenters. The molecule has 2 aromatic carbocycles. The monoisotopic (exact) mass is 378 g/mol. The number of ether oxygens (including phenoxy) is 2. The summed E-state index contributed by atoms with van der Waals surface area (Å²) in [7, 11) is 0. The van der Waals surface area contributed by atoms with Crippen molar-refractivity contribution in [2.24, 2.45) is 0 Å². The molecule has 0 heterocycles. The maximum absolute atomic E-state index is 12.1. The highest BCUT2D eigenvalue weighted by Crippen LogP contribution is 2.17. The van der Waals surface area contributed by atoms with Gasteiger partial charge in [0.15, 0.2) is 6.61 Å². The molecule has 2 rings (SSSR count). The number of rotatable bonds is 8. The summed E-state index contributed by atoms with van der Waals surface area (Å²) in [4.78, 5) is 23.8. The molecule has 2 aromatic rings. The molecule has 6 nitrogen and oxygen atoms in total. The second kappa shape index (κ2) is 9.51. The number of carbonyl (C=O) groups is 2. The molecule has 0 saturated heterocycles. The summed E-state index contributed by atoms with van der Waals surface area (Å²) >= 11 is 0. The van der Waals surface area contributed by atoms with Gasteiger partial charge >= 0.3 is 12.6 Å². The number of amides is 1. The van der Waals surface area contributed by atoms with Crippen LogP contribution in [-0.4, -0.2) is 31.6 Å². The molecule has 0 unspecified atom stereocenters. The first-order chi connectivity index (χ1) is 12.9. The fourth-order valence-electron chi connectivity index (χ4n) is 2.30. The van der Waals surface area contributed by atoms with Crippen LogP contribution in [0, 0.1) is 6.92 Å². The number of halogens is 2. The molecule has 0 aromatic heterocycles. The van der Waals surface area contributed by atoms with E-state index in [0.717, 1.165) is 11.1 Å². The van der Waals surface area contributed by atoms with Crippen molar-refractivity contribution in [2.45, 2.75) is 20.0 Å². The molecule has 8 heteroatoms. The topological polar surface area (TPSA) is 90.7 Å². The number of alkyl halides is 2. The van der Waals surface area contributed by atoms with Gasteiger partial charge in [0.25, 0.3) is 5.91 Å². The Morgan fingerprint density at radius 2 is 1.85 bits per heavy atom. The van der Waals surface area contributed by atoms with E-state index in [1.807, 2.05) is 0 Å². The molecule has 0 aliphatic rings. The van der Waals surface area contributed by atoms with Crippen molar-refractivity contribution < 1.29 is 27.8 Å². The van der Waals surface area contributed by atoms with Gasteiger partial charge in [-0.05, 0) is 42.7 Å². The second-order valence-electron chi connectivity index (χ2n) is 5.73. The molecule has 27 heavy (non-hydrogen) atoms. The highest BCUT2D eigenvalue weighted by Gasteiger charge is 2.14. The first-order valence-electron chi connectivity index (χ1n) is 8.19. The summed E-state index contributed by atoms with van der Waals surface area (Å²) in [6.45, 7) is -1.22. The highest BCUT2D eigenvalue weighted by molar-refractivity contribution is 5.96. The van der Waals surface area contributed by atoms with E-state index < -0.39 is 25.1 Å². The van der Waals surface area contributed by atoms with E-state index in [0.29, 0.717) is 18.7 Å².